The number of hydrogen-bond donors (Lipinski definition) is 1. The molecule has 0 bridgehead atoms. The largest absolute Gasteiger partial charge is 0.540 e. The van der Waals surface area contributed by atoms with E-state index in [0.29, 0.717) is 5.56 Å². The first-order chi connectivity index (χ1) is 6.57. The maximum absolute atomic E-state index is 11.1. The van der Waals surface area contributed by atoms with E-state index >= 15 is 0 Å². The standard InChI is InChI=1S/C9H7BO4/c1-5-6(8(11)12)3-2-4-7(5)9(13)14-10/h2-4H,1H3,(H,11,12). The zero-order valence-corrected chi connectivity index (χ0v) is 7.48. The Bertz CT molecular complexity index is 386. The Hall–Kier alpha value is -1.78. The van der Waals surface area contributed by atoms with E-state index in [1.807, 2.05) is 0 Å². The van der Waals surface area contributed by atoms with Gasteiger partial charge in [-0.05, 0) is 24.6 Å². The van der Waals surface area contributed by atoms with Gasteiger partial charge in [-0.15, -0.1) is 0 Å². The van der Waals surface area contributed by atoms with Gasteiger partial charge in [0.25, 0.3) is 0 Å². The summed E-state index contributed by atoms with van der Waals surface area (Å²) in [5.74, 6) is -1.83. The lowest BCUT2D eigenvalue weighted by molar-refractivity contribution is 0.0696. The van der Waals surface area contributed by atoms with Gasteiger partial charge in [0, 0.05) is 0 Å². The van der Waals surface area contributed by atoms with E-state index in [2.05, 4.69) is 4.65 Å². The van der Waals surface area contributed by atoms with E-state index in [1.54, 1.807) is 0 Å². The Morgan fingerprint density at radius 2 is 1.93 bits per heavy atom. The Morgan fingerprint density at radius 1 is 1.36 bits per heavy atom. The zero-order valence-electron chi connectivity index (χ0n) is 7.48. The van der Waals surface area contributed by atoms with Crippen LogP contribution in [0, 0.1) is 6.92 Å². The second kappa shape index (κ2) is 3.96. The molecule has 0 aliphatic carbocycles. The van der Waals surface area contributed by atoms with Crippen LogP contribution in [0.5, 0.6) is 0 Å². The number of hydrogen-bond acceptors (Lipinski definition) is 3. The zero-order chi connectivity index (χ0) is 10.7. The van der Waals surface area contributed by atoms with Crippen molar-refractivity contribution in [3.8, 4) is 0 Å². The van der Waals surface area contributed by atoms with Gasteiger partial charge in [-0.3, -0.25) is 0 Å². The summed E-state index contributed by atoms with van der Waals surface area (Å²) >= 11 is 0. The van der Waals surface area contributed by atoms with Crippen molar-refractivity contribution < 1.29 is 19.3 Å². The lowest BCUT2D eigenvalue weighted by atomic mass is 10.0. The van der Waals surface area contributed by atoms with Crippen LogP contribution in [-0.4, -0.2) is 25.1 Å². The SMILES string of the molecule is [B]OC(=O)c1cccc(C(=O)O)c1C. The third-order valence-corrected chi connectivity index (χ3v) is 1.89. The van der Waals surface area contributed by atoms with Gasteiger partial charge < -0.3 is 9.76 Å². The first-order valence-corrected chi connectivity index (χ1v) is 3.82. The summed E-state index contributed by atoms with van der Waals surface area (Å²) < 4.78 is 4.02. The predicted molar refractivity (Wildman–Crippen MR) is 49.3 cm³/mol. The van der Waals surface area contributed by atoms with E-state index in [0.717, 1.165) is 0 Å². The highest BCUT2D eigenvalue weighted by molar-refractivity contribution is 6.10. The molecule has 0 saturated heterocycles. The Labute approximate surface area is 81.9 Å². The second-order valence-electron chi connectivity index (χ2n) is 2.69. The van der Waals surface area contributed by atoms with E-state index in [1.165, 1.54) is 25.1 Å². The minimum Gasteiger partial charge on any atom is -0.540 e. The summed E-state index contributed by atoms with van der Waals surface area (Å²) in [6, 6.07) is 4.32. The van der Waals surface area contributed by atoms with E-state index in [4.69, 9.17) is 13.2 Å². The van der Waals surface area contributed by atoms with Crippen LogP contribution in [0.15, 0.2) is 18.2 Å². The average molecular weight is 190 g/mol. The maximum Gasteiger partial charge on any atom is 0.378 e. The van der Waals surface area contributed by atoms with Crippen LogP contribution in [0.1, 0.15) is 26.3 Å². The molecule has 14 heavy (non-hydrogen) atoms. The fourth-order valence-corrected chi connectivity index (χ4v) is 1.15. The molecular formula is C9H7BO4. The van der Waals surface area contributed by atoms with Gasteiger partial charge >= 0.3 is 20.0 Å². The summed E-state index contributed by atoms with van der Waals surface area (Å²) in [7, 11) is 4.70. The van der Waals surface area contributed by atoms with Crippen molar-refractivity contribution in [2.24, 2.45) is 0 Å². The molecule has 70 valence electrons. The molecule has 0 saturated carbocycles. The van der Waals surface area contributed by atoms with Gasteiger partial charge in [0.1, 0.15) is 0 Å². The van der Waals surface area contributed by atoms with Crippen LogP contribution in [0.4, 0.5) is 0 Å². The first kappa shape index (κ1) is 10.3. The highest BCUT2D eigenvalue weighted by Crippen LogP contribution is 2.14. The monoisotopic (exact) mass is 190 g/mol. The normalized spacial score (nSPS) is 9.50. The summed E-state index contributed by atoms with van der Waals surface area (Å²) in [4.78, 5) is 21.8. The number of benzene rings is 1. The minimum absolute atomic E-state index is 0.0629. The number of carbonyl (C=O) groups excluding carboxylic acids is 1. The number of carbonyl (C=O) groups is 2. The second-order valence-corrected chi connectivity index (χ2v) is 2.69. The molecule has 1 rings (SSSR count). The van der Waals surface area contributed by atoms with Crippen LogP contribution in [-0.2, 0) is 4.65 Å². The summed E-state index contributed by atoms with van der Waals surface area (Å²) in [6.07, 6.45) is 0. The van der Waals surface area contributed by atoms with E-state index < -0.39 is 11.9 Å². The first-order valence-electron chi connectivity index (χ1n) is 3.82. The molecule has 1 N–H and O–H groups in total. The molecule has 5 heteroatoms. The van der Waals surface area contributed by atoms with Crippen LogP contribution >= 0.6 is 0 Å². The van der Waals surface area contributed by atoms with Gasteiger partial charge in [0.2, 0.25) is 0 Å². The molecule has 0 spiro atoms. The van der Waals surface area contributed by atoms with Gasteiger partial charge in [-0.2, -0.15) is 0 Å². The molecule has 0 aromatic heterocycles. The maximum atomic E-state index is 11.1. The quantitative estimate of drug-likeness (QED) is 0.704. The topological polar surface area (TPSA) is 63.6 Å². The van der Waals surface area contributed by atoms with Crippen LogP contribution in [0.2, 0.25) is 0 Å². The van der Waals surface area contributed by atoms with E-state index in [9.17, 15) is 9.59 Å². The van der Waals surface area contributed by atoms with Crippen molar-refractivity contribution in [3.05, 3.63) is 34.9 Å². The molecular weight excluding hydrogens is 183 g/mol. The van der Waals surface area contributed by atoms with Gasteiger partial charge in [-0.1, -0.05) is 6.07 Å². The molecule has 0 amide bonds. The fraction of sp³-hybridized carbons (Fsp3) is 0.111. The summed E-state index contributed by atoms with van der Waals surface area (Å²) in [5.41, 5.74) is 0.566. The molecule has 1 aromatic carbocycles. The molecule has 0 heterocycles. The molecule has 0 fully saturated rings. The third kappa shape index (κ3) is 1.76. The molecule has 0 atom stereocenters. The van der Waals surface area contributed by atoms with Gasteiger partial charge in [0.15, 0.2) is 0 Å². The lowest BCUT2D eigenvalue weighted by Gasteiger charge is -2.06. The number of rotatable bonds is 2. The Kier molecular flexibility index (Phi) is 2.91. The summed E-state index contributed by atoms with van der Waals surface area (Å²) in [6.45, 7) is 1.52. The Balaban J connectivity index is 3.27. The fourth-order valence-electron chi connectivity index (χ4n) is 1.15. The van der Waals surface area contributed by atoms with Gasteiger partial charge in [0.05, 0.1) is 11.1 Å². The molecule has 0 aliphatic rings. The highest BCUT2D eigenvalue weighted by Gasteiger charge is 2.14. The molecule has 0 unspecified atom stereocenters. The van der Waals surface area contributed by atoms with Crippen LogP contribution < -0.4 is 0 Å². The smallest absolute Gasteiger partial charge is 0.378 e. The van der Waals surface area contributed by atoms with Gasteiger partial charge in [-0.25, -0.2) is 9.59 Å². The highest BCUT2D eigenvalue weighted by atomic mass is 16.5. The number of carboxylic acid groups (broad SMARTS) is 1. The van der Waals surface area contributed by atoms with Crippen molar-refractivity contribution in [2.45, 2.75) is 6.92 Å². The van der Waals surface area contributed by atoms with Crippen molar-refractivity contribution in [1.82, 2.24) is 0 Å². The van der Waals surface area contributed by atoms with Crippen molar-refractivity contribution >= 4 is 20.0 Å². The molecule has 4 nitrogen and oxygen atoms in total. The van der Waals surface area contributed by atoms with Crippen molar-refractivity contribution in [3.63, 3.8) is 0 Å². The third-order valence-electron chi connectivity index (χ3n) is 1.89. The molecule has 1 aromatic rings. The Morgan fingerprint density at radius 3 is 2.43 bits per heavy atom. The van der Waals surface area contributed by atoms with Crippen molar-refractivity contribution in [2.75, 3.05) is 0 Å². The van der Waals surface area contributed by atoms with Crippen LogP contribution in [0.3, 0.4) is 0 Å². The molecule has 0 aliphatic heterocycles. The lowest BCUT2D eigenvalue weighted by Crippen LogP contribution is -2.09. The summed E-state index contributed by atoms with van der Waals surface area (Å²) in [5, 5.41) is 8.76. The van der Waals surface area contributed by atoms with Crippen LogP contribution in [0.25, 0.3) is 0 Å². The minimum atomic E-state index is -1.09. The number of aromatic carboxylic acids is 1. The molecule has 2 radical (unpaired) electrons. The predicted octanol–water partition coefficient (Wildman–Crippen LogP) is 0.934. The number of carboxylic acids is 1. The van der Waals surface area contributed by atoms with Crippen molar-refractivity contribution in [1.29, 1.82) is 0 Å². The van der Waals surface area contributed by atoms with E-state index in [-0.39, 0.29) is 11.1 Å². The average Bonchev–Trinajstić information content (AvgIpc) is 2.16.